The predicted molar refractivity (Wildman–Crippen MR) is 134 cm³/mol. The molecule has 0 spiro atoms. The van der Waals surface area contributed by atoms with Gasteiger partial charge < -0.3 is 15.7 Å². The number of nitrogens with zero attached hydrogens (tertiary/aromatic N) is 2. The number of rotatable bonds is 6. The zero-order chi connectivity index (χ0) is 24.5. The van der Waals surface area contributed by atoms with E-state index in [2.05, 4.69) is 34.6 Å². The van der Waals surface area contributed by atoms with Crippen LogP contribution in [0.25, 0.3) is 5.69 Å². The SMILES string of the molecule is CC(C)c1ccc(-n2nc(Nc3ccc(C(=O)N[C@@H]4c5ccccc5C[C@@H]4O)cc3)[nH]c2=O)cc1. The first kappa shape index (κ1) is 22.6. The summed E-state index contributed by atoms with van der Waals surface area (Å²) in [5.74, 6) is 0.437. The fourth-order valence-electron chi connectivity index (χ4n) is 4.37. The van der Waals surface area contributed by atoms with Crippen LogP contribution < -0.4 is 16.3 Å². The molecule has 35 heavy (non-hydrogen) atoms. The first-order chi connectivity index (χ1) is 16.9. The molecule has 3 aromatic carbocycles. The van der Waals surface area contributed by atoms with Gasteiger partial charge in [0.1, 0.15) is 0 Å². The topological polar surface area (TPSA) is 112 Å². The minimum Gasteiger partial charge on any atom is -0.390 e. The van der Waals surface area contributed by atoms with Crippen molar-refractivity contribution < 1.29 is 9.90 Å². The summed E-state index contributed by atoms with van der Waals surface area (Å²) in [7, 11) is 0. The van der Waals surface area contributed by atoms with Gasteiger partial charge in [0.05, 0.1) is 17.8 Å². The molecule has 4 N–H and O–H groups in total. The van der Waals surface area contributed by atoms with Crippen LogP contribution in [-0.2, 0) is 6.42 Å². The summed E-state index contributed by atoms with van der Waals surface area (Å²) in [4.78, 5) is 27.9. The summed E-state index contributed by atoms with van der Waals surface area (Å²) >= 11 is 0. The van der Waals surface area contributed by atoms with Crippen molar-refractivity contribution in [1.29, 1.82) is 0 Å². The Labute approximate surface area is 202 Å². The van der Waals surface area contributed by atoms with Crippen molar-refractivity contribution in [2.24, 2.45) is 0 Å². The van der Waals surface area contributed by atoms with E-state index < -0.39 is 12.1 Å². The van der Waals surface area contributed by atoms with E-state index in [1.165, 1.54) is 10.2 Å². The van der Waals surface area contributed by atoms with E-state index in [0.717, 1.165) is 11.1 Å². The lowest BCUT2D eigenvalue weighted by atomic mass is 10.0. The van der Waals surface area contributed by atoms with Crippen molar-refractivity contribution in [2.45, 2.75) is 38.3 Å². The minimum absolute atomic E-state index is 0.264. The third-order valence-electron chi connectivity index (χ3n) is 6.32. The molecule has 1 aliphatic carbocycles. The summed E-state index contributed by atoms with van der Waals surface area (Å²) in [6, 6.07) is 21.9. The average molecular weight is 470 g/mol. The number of aliphatic hydroxyl groups excluding tert-OH is 1. The highest BCUT2D eigenvalue weighted by atomic mass is 16.3. The smallest absolute Gasteiger partial charge is 0.349 e. The predicted octanol–water partition coefficient (Wildman–Crippen LogP) is 3.82. The standard InChI is InChI=1S/C27H27N5O3/c1-16(2)17-9-13-21(14-10-17)32-27(35)30-26(31-32)28-20-11-7-18(8-12-20)25(34)29-24-22-6-4-3-5-19(22)15-23(24)33/h3-14,16,23-24,33H,15H2,1-2H3,(H,29,34)(H2,28,30,31,35)/t23-,24+/m0/s1. The Bertz CT molecular complexity index is 1400. The second kappa shape index (κ2) is 9.23. The van der Waals surface area contributed by atoms with Gasteiger partial charge in [-0.05, 0) is 59.0 Å². The number of amides is 1. The highest BCUT2D eigenvalue weighted by Crippen LogP contribution is 2.31. The lowest BCUT2D eigenvalue weighted by Gasteiger charge is -2.18. The van der Waals surface area contributed by atoms with Crippen molar-refractivity contribution in [2.75, 3.05) is 5.32 Å². The van der Waals surface area contributed by atoms with E-state index in [-0.39, 0.29) is 11.6 Å². The molecule has 0 fully saturated rings. The number of anilines is 2. The van der Waals surface area contributed by atoms with Gasteiger partial charge in [-0.25, -0.2) is 4.79 Å². The lowest BCUT2D eigenvalue weighted by Crippen LogP contribution is -2.33. The van der Waals surface area contributed by atoms with Crippen LogP contribution in [0.3, 0.4) is 0 Å². The molecule has 1 amide bonds. The third-order valence-corrected chi connectivity index (χ3v) is 6.32. The van der Waals surface area contributed by atoms with Crippen molar-refractivity contribution in [3.8, 4) is 5.69 Å². The van der Waals surface area contributed by atoms with Crippen molar-refractivity contribution in [3.63, 3.8) is 0 Å². The Morgan fingerprint density at radius 2 is 1.77 bits per heavy atom. The van der Waals surface area contributed by atoms with Gasteiger partial charge in [-0.15, -0.1) is 5.10 Å². The van der Waals surface area contributed by atoms with Gasteiger partial charge in [0.15, 0.2) is 0 Å². The normalized spacial score (nSPS) is 16.8. The van der Waals surface area contributed by atoms with Crippen LogP contribution >= 0.6 is 0 Å². The number of carbonyl (C=O) groups excluding carboxylic acids is 1. The molecule has 8 nitrogen and oxygen atoms in total. The number of aromatic amines is 1. The molecule has 4 aromatic rings. The van der Waals surface area contributed by atoms with Gasteiger partial charge in [-0.1, -0.05) is 50.2 Å². The van der Waals surface area contributed by atoms with Gasteiger partial charge in [-0.3, -0.25) is 9.78 Å². The second-order valence-electron chi connectivity index (χ2n) is 9.06. The van der Waals surface area contributed by atoms with E-state index in [9.17, 15) is 14.7 Å². The van der Waals surface area contributed by atoms with E-state index in [4.69, 9.17) is 0 Å². The zero-order valence-electron chi connectivity index (χ0n) is 19.5. The van der Waals surface area contributed by atoms with Gasteiger partial charge in [-0.2, -0.15) is 4.68 Å². The molecule has 1 aromatic heterocycles. The van der Waals surface area contributed by atoms with Crippen LogP contribution in [-0.4, -0.2) is 31.9 Å². The first-order valence-corrected chi connectivity index (χ1v) is 11.6. The quantitative estimate of drug-likeness (QED) is 0.343. The van der Waals surface area contributed by atoms with Crippen molar-refractivity contribution in [3.05, 3.63) is 106 Å². The second-order valence-corrected chi connectivity index (χ2v) is 9.06. The molecule has 0 bridgehead atoms. The molecule has 8 heteroatoms. The highest BCUT2D eigenvalue weighted by Gasteiger charge is 2.32. The molecule has 0 radical (unpaired) electrons. The Hall–Kier alpha value is -4.17. The summed E-state index contributed by atoms with van der Waals surface area (Å²) in [6.07, 6.45) is -0.123. The maximum absolute atomic E-state index is 12.8. The zero-order valence-corrected chi connectivity index (χ0v) is 19.5. The minimum atomic E-state index is -0.647. The summed E-state index contributed by atoms with van der Waals surface area (Å²) < 4.78 is 1.30. The van der Waals surface area contributed by atoms with Crippen LogP contribution in [0.1, 0.15) is 52.9 Å². The molecule has 178 valence electrons. The number of fused-ring (bicyclic) bond motifs is 1. The molecule has 5 rings (SSSR count). The number of hydrogen-bond donors (Lipinski definition) is 4. The number of nitrogens with one attached hydrogen (secondary N) is 3. The third kappa shape index (κ3) is 4.61. The summed E-state index contributed by atoms with van der Waals surface area (Å²) in [5.41, 5.74) is 4.65. The maximum Gasteiger partial charge on any atom is 0.349 e. The molecule has 0 unspecified atom stereocenters. The van der Waals surface area contributed by atoms with Crippen molar-refractivity contribution >= 4 is 17.5 Å². The van der Waals surface area contributed by atoms with E-state index in [1.807, 2.05) is 48.5 Å². The Kier molecular flexibility index (Phi) is 5.96. The lowest BCUT2D eigenvalue weighted by molar-refractivity contribution is 0.0858. The van der Waals surface area contributed by atoms with E-state index in [0.29, 0.717) is 35.2 Å². The molecule has 1 heterocycles. The van der Waals surface area contributed by atoms with Crippen LogP contribution in [0, 0.1) is 0 Å². The number of H-pyrrole nitrogens is 1. The van der Waals surface area contributed by atoms with Crippen LogP contribution in [0.4, 0.5) is 11.6 Å². The Morgan fingerprint density at radius 3 is 2.49 bits per heavy atom. The number of benzene rings is 3. The van der Waals surface area contributed by atoms with E-state index in [1.54, 1.807) is 24.3 Å². The van der Waals surface area contributed by atoms with Crippen LogP contribution in [0.2, 0.25) is 0 Å². The van der Waals surface area contributed by atoms with Gasteiger partial charge >= 0.3 is 5.69 Å². The number of hydrogen-bond acceptors (Lipinski definition) is 5. The monoisotopic (exact) mass is 469 g/mol. The van der Waals surface area contributed by atoms with Gasteiger partial charge in [0, 0.05) is 17.7 Å². The molecule has 0 aliphatic heterocycles. The molecular weight excluding hydrogens is 442 g/mol. The number of carbonyl (C=O) groups is 1. The largest absolute Gasteiger partial charge is 0.390 e. The summed E-state index contributed by atoms with van der Waals surface area (Å²) in [5, 5.41) is 20.7. The summed E-state index contributed by atoms with van der Waals surface area (Å²) in [6.45, 7) is 4.23. The molecule has 0 saturated carbocycles. The highest BCUT2D eigenvalue weighted by molar-refractivity contribution is 5.95. The fraction of sp³-hybridized carbons (Fsp3) is 0.222. The average Bonchev–Trinajstić information content (AvgIpc) is 3.38. The van der Waals surface area contributed by atoms with E-state index >= 15 is 0 Å². The molecule has 2 atom stereocenters. The first-order valence-electron chi connectivity index (χ1n) is 11.6. The van der Waals surface area contributed by atoms with Crippen molar-refractivity contribution in [1.82, 2.24) is 20.1 Å². The molecule has 0 saturated heterocycles. The number of aliphatic hydroxyl groups is 1. The Morgan fingerprint density at radius 1 is 1.06 bits per heavy atom. The molecule has 1 aliphatic rings. The van der Waals surface area contributed by atoms with Crippen LogP contribution in [0.15, 0.2) is 77.6 Å². The Balaban J connectivity index is 1.26. The maximum atomic E-state index is 12.8. The number of aromatic nitrogens is 3. The van der Waals surface area contributed by atoms with Crippen LogP contribution in [0.5, 0.6) is 0 Å². The van der Waals surface area contributed by atoms with Gasteiger partial charge in [0.2, 0.25) is 5.95 Å². The molecular formula is C27H27N5O3. The van der Waals surface area contributed by atoms with Gasteiger partial charge in [0.25, 0.3) is 5.91 Å². The fourth-order valence-corrected chi connectivity index (χ4v) is 4.37.